The van der Waals surface area contributed by atoms with Crippen molar-refractivity contribution in [2.75, 3.05) is 5.32 Å². The van der Waals surface area contributed by atoms with E-state index in [1.807, 2.05) is 6.07 Å². The van der Waals surface area contributed by atoms with Crippen LogP contribution in [-0.2, 0) is 0 Å². The van der Waals surface area contributed by atoms with Crippen LogP contribution < -0.4 is 5.32 Å². The lowest BCUT2D eigenvalue weighted by Gasteiger charge is -2.14. The summed E-state index contributed by atoms with van der Waals surface area (Å²) in [4.78, 5) is 7.95. The molecule has 0 spiro atoms. The summed E-state index contributed by atoms with van der Waals surface area (Å²) in [5.74, 6) is 0.915. The van der Waals surface area contributed by atoms with Crippen molar-refractivity contribution >= 4 is 5.82 Å². The van der Waals surface area contributed by atoms with E-state index >= 15 is 0 Å². The van der Waals surface area contributed by atoms with Crippen LogP contribution in [0.25, 0.3) is 0 Å². The minimum absolute atomic E-state index is 0. The maximum Gasteiger partial charge on any atom is 0.129 e. The molecule has 0 saturated carbocycles. The molecule has 1 rings (SSSR count). The molecule has 1 heterocycles. The van der Waals surface area contributed by atoms with Gasteiger partial charge in [0.2, 0.25) is 0 Å². The topological polar surface area (TPSA) is 37.8 Å². The van der Waals surface area contributed by atoms with E-state index in [1.165, 1.54) is 0 Å². The fourth-order valence-corrected chi connectivity index (χ4v) is 1.08. The zero-order valence-electron chi connectivity index (χ0n) is 7.62. The average molecular weight is 167 g/mol. The molecule has 0 aromatic carbocycles. The summed E-state index contributed by atoms with van der Waals surface area (Å²) in [6, 6.07) is 2.41. The summed E-state index contributed by atoms with van der Waals surface area (Å²) in [6.45, 7) is 4.34. The zero-order chi connectivity index (χ0) is 8.81. The lowest BCUT2D eigenvalue weighted by Crippen LogP contribution is -2.17. The molecule has 1 aromatic rings. The van der Waals surface area contributed by atoms with E-state index in [0.717, 1.165) is 18.7 Å². The van der Waals surface area contributed by atoms with Crippen molar-refractivity contribution in [1.29, 1.82) is 0 Å². The number of nitrogens with zero attached hydrogens (tertiary/aromatic N) is 2. The van der Waals surface area contributed by atoms with Gasteiger partial charge in [0.05, 0.1) is 0 Å². The Bertz CT molecular complexity index is 211. The number of nitrogens with one attached hydrogen (secondary N) is 1. The summed E-state index contributed by atoms with van der Waals surface area (Å²) < 4.78 is 0. The molecule has 0 aliphatic heterocycles. The molecule has 0 aliphatic rings. The smallest absolute Gasteiger partial charge is 0.129 e. The number of anilines is 1. The second-order valence-corrected chi connectivity index (χ2v) is 2.75. The van der Waals surface area contributed by atoms with E-state index in [1.54, 1.807) is 12.5 Å². The van der Waals surface area contributed by atoms with Crippen molar-refractivity contribution in [3.63, 3.8) is 0 Å². The van der Waals surface area contributed by atoms with E-state index in [9.17, 15) is 0 Å². The van der Waals surface area contributed by atoms with Gasteiger partial charge >= 0.3 is 0 Å². The highest BCUT2D eigenvalue weighted by molar-refractivity contribution is 5.32. The molecule has 12 heavy (non-hydrogen) atoms. The zero-order valence-corrected chi connectivity index (χ0v) is 7.62. The van der Waals surface area contributed by atoms with Crippen LogP contribution in [0.1, 0.15) is 28.1 Å². The van der Waals surface area contributed by atoms with Crippen molar-refractivity contribution in [2.24, 2.45) is 0 Å². The van der Waals surface area contributed by atoms with E-state index in [-0.39, 0.29) is 1.43 Å². The van der Waals surface area contributed by atoms with Crippen LogP contribution in [0, 0.1) is 0 Å². The molecular formula is C9H17N3. The van der Waals surface area contributed by atoms with E-state index in [2.05, 4.69) is 29.1 Å². The van der Waals surface area contributed by atoms with E-state index < -0.39 is 0 Å². The van der Waals surface area contributed by atoms with Gasteiger partial charge in [-0.3, -0.25) is 0 Å². The Labute approximate surface area is 74.7 Å². The first-order chi connectivity index (χ1) is 5.86. The van der Waals surface area contributed by atoms with Gasteiger partial charge in [-0.25, -0.2) is 9.97 Å². The molecule has 0 amide bonds. The standard InChI is InChI=1S/C9H15N3.H2/c1-3-8(4-2)12-9-5-6-10-7-11-9;/h5-8H,3-4H2,1-2H3,(H,10,11,12);1H. The predicted octanol–water partition coefficient (Wildman–Crippen LogP) is 2.32. The van der Waals surface area contributed by atoms with Gasteiger partial charge in [-0.2, -0.15) is 0 Å². The molecule has 0 bridgehead atoms. The molecule has 1 aromatic heterocycles. The minimum Gasteiger partial charge on any atom is -0.367 e. The average Bonchev–Trinajstić information content (AvgIpc) is 2.16. The van der Waals surface area contributed by atoms with Gasteiger partial charge in [-0.1, -0.05) is 13.8 Å². The van der Waals surface area contributed by atoms with Crippen molar-refractivity contribution in [3.05, 3.63) is 18.6 Å². The summed E-state index contributed by atoms with van der Waals surface area (Å²) in [5, 5.41) is 3.33. The predicted molar refractivity (Wildman–Crippen MR) is 52.1 cm³/mol. The van der Waals surface area contributed by atoms with Crippen molar-refractivity contribution in [2.45, 2.75) is 32.7 Å². The van der Waals surface area contributed by atoms with Gasteiger partial charge in [0.1, 0.15) is 12.1 Å². The second-order valence-electron chi connectivity index (χ2n) is 2.75. The maximum atomic E-state index is 4.09. The molecule has 0 atom stereocenters. The monoisotopic (exact) mass is 167 g/mol. The highest BCUT2D eigenvalue weighted by Crippen LogP contribution is 2.06. The second kappa shape index (κ2) is 4.70. The molecule has 3 heteroatoms. The van der Waals surface area contributed by atoms with Crippen LogP contribution in [0.2, 0.25) is 0 Å². The highest BCUT2D eigenvalue weighted by Gasteiger charge is 2.01. The fraction of sp³-hybridized carbons (Fsp3) is 0.556. The SMILES string of the molecule is CCC(CC)Nc1ccncn1.[HH]. The third-order valence-corrected chi connectivity index (χ3v) is 1.92. The third kappa shape index (κ3) is 2.49. The first-order valence-corrected chi connectivity index (χ1v) is 4.39. The third-order valence-electron chi connectivity index (χ3n) is 1.92. The fourth-order valence-electron chi connectivity index (χ4n) is 1.08. The lowest BCUT2D eigenvalue weighted by molar-refractivity contribution is 0.668. The summed E-state index contributed by atoms with van der Waals surface area (Å²) in [5.41, 5.74) is 0. The number of hydrogen-bond acceptors (Lipinski definition) is 3. The highest BCUT2D eigenvalue weighted by atomic mass is 15.0. The van der Waals surface area contributed by atoms with Crippen LogP contribution >= 0.6 is 0 Å². The summed E-state index contributed by atoms with van der Waals surface area (Å²) in [6.07, 6.45) is 5.56. The number of rotatable bonds is 4. The van der Waals surface area contributed by atoms with Crippen LogP contribution in [-0.4, -0.2) is 16.0 Å². The maximum absolute atomic E-state index is 4.09. The minimum atomic E-state index is 0. The molecule has 0 aliphatic carbocycles. The summed E-state index contributed by atoms with van der Waals surface area (Å²) in [7, 11) is 0. The van der Waals surface area contributed by atoms with E-state index in [0.29, 0.717) is 6.04 Å². The van der Waals surface area contributed by atoms with Crippen LogP contribution in [0.3, 0.4) is 0 Å². The van der Waals surface area contributed by atoms with Gasteiger partial charge in [0.25, 0.3) is 0 Å². The molecule has 0 fully saturated rings. The van der Waals surface area contributed by atoms with Crippen molar-refractivity contribution < 1.29 is 1.43 Å². The van der Waals surface area contributed by atoms with Crippen LogP contribution in [0.4, 0.5) is 5.82 Å². The molecule has 3 nitrogen and oxygen atoms in total. The summed E-state index contributed by atoms with van der Waals surface area (Å²) >= 11 is 0. The molecule has 1 N–H and O–H groups in total. The molecule has 0 unspecified atom stereocenters. The van der Waals surface area contributed by atoms with E-state index in [4.69, 9.17) is 0 Å². The normalized spacial score (nSPS) is 10.2. The Hall–Kier alpha value is -1.12. The van der Waals surface area contributed by atoms with Crippen LogP contribution in [0.5, 0.6) is 0 Å². The first-order valence-electron chi connectivity index (χ1n) is 4.39. The lowest BCUT2D eigenvalue weighted by atomic mass is 10.2. The Morgan fingerprint density at radius 2 is 2.25 bits per heavy atom. The Balaban J connectivity index is 0.00000144. The molecule has 0 saturated heterocycles. The number of aromatic nitrogens is 2. The largest absolute Gasteiger partial charge is 0.367 e. The first kappa shape index (κ1) is 8.97. The van der Waals surface area contributed by atoms with Crippen LogP contribution in [0.15, 0.2) is 18.6 Å². The molecule has 68 valence electrons. The molecule has 0 radical (unpaired) electrons. The quantitative estimate of drug-likeness (QED) is 0.747. The van der Waals surface area contributed by atoms with Gasteiger partial charge in [0.15, 0.2) is 0 Å². The van der Waals surface area contributed by atoms with Gasteiger partial charge in [-0.15, -0.1) is 0 Å². The number of hydrogen-bond donors (Lipinski definition) is 1. The van der Waals surface area contributed by atoms with Gasteiger partial charge in [-0.05, 0) is 18.9 Å². The van der Waals surface area contributed by atoms with Gasteiger partial charge in [0, 0.05) is 13.7 Å². The van der Waals surface area contributed by atoms with Gasteiger partial charge < -0.3 is 5.32 Å². The van der Waals surface area contributed by atoms with Crippen molar-refractivity contribution in [3.8, 4) is 0 Å². The Morgan fingerprint density at radius 3 is 2.75 bits per heavy atom. The molecular weight excluding hydrogens is 150 g/mol. The Kier molecular flexibility index (Phi) is 3.51. The van der Waals surface area contributed by atoms with Crippen molar-refractivity contribution in [1.82, 2.24) is 9.97 Å². The Morgan fingerprint density at radius 1 is 1.50 bits per heavy atom.